The largest absolute Gasteiger partial charge is 0.464 e. The first-order valence-electron chi connectivity index (χ1n) is 10.8. The Labute approximate surface area is 192 Å². The van der Waals surface area contributed by atoms with E-state index in [1.165, 1.54) is 4.90 Å². The molecule has 33 heavy (non-hydrogen) atoms. The quantitative estimate of drug-likeness (QED) is 0.432. The highest BCUT2D eigenvalue weighted by atomic mass is 16.3. The summed E-state index contributed by atoms with van der Waals surface area (Å²) >= 11 is 0. The zero-order chi connectivity index (χ0) is 23.0. The molecule has 2 aromatic heterocycles. The molecule has 0 saturated carbocycles. The molecule has 1 unspecified atom stereocenters. The van der Waals surface area contributed by atoms with Gasteiger partial charge in [0.2, 0.25) is 0 Å². The molecule has 0 radical (unpaired) electrons. The fourth-order valence-electron chi connectivity index (χ4n) is 3.60. The number of amides is 2. The second-order valence-electron chi connectivity index (χ2n) is 7.69. The van der Waals surface area contributed by atoms with Gasteiger partial charge in [0.15, 0.2) is 6.04 Å². The lowest BCUT2D eigenvalue weighted by Gasteiger charge is -2.29. The van der Waals surface area contributed by atoms with Crippen molar-refractivity contribution in [1.29, 1.82) is 0 Å². The highest BCUT2D eigenvalue weighted by Gasteiger charge is 2.35. The van der Waals surface area contributed by atoms with Crippen molar-refractivity contribution >= 4 is 11.8 Å². The Morgan fingerprint density at radius 2 is 1.55 bits per heavy atom. The lowest BCUT2D eigenvalue weighted by Crippen LogP contribution is -2.43. The average Bonchev–Trinajstić information content (AvgIpc) is 3.29. The maximum absolute atomic E-state index is 13.6. The van der Waals surface area contributed by atoms with Crippen LogP contribution in [-0.2, 0) is 17.9 Å². The molecule has 0 aliphatic carbocycles. The van der Waals surface area contributed by atoms with Crippen LogP contribution in [-0.4, -0.2) is 21.7 Å². The van der Waals surface area contributed by atoms with Crippen molar-refractivity contribution < 1.29 is 14.0 Å². The van der Waals surface area contributed by atoms with Gasteiger partial charge in [-0.25, -0.2) is 0 Å². The number of hydrogen-bond acceptors (Lipinski definition) is 4. The van der Waals surface area contributed by atoms with E-state index in [0.717, 1.165) is 11.1 Å². The third-order valence-corrected chi connectivity index (χ3v) is 5.24. The topological polar surface area (TPSA) is 75.4 Å². The third-order valence-electron chi connectivity index (χ3n) is 5.24. The molecule has 1 N–H and O–H groups in total. The van der Waals surface area contributed by atoms with Crippen molar-refractivity contribution in [1.82, 2.24) is 15.2 Å². The minimum atomic E-state index is -0.961. The molecule has 2 amide bonds. The Bertz CT molecular complexity index is 1190. The third kappa shape index (κ3) is 5.54. The van der Waals surface area contributed by atoms with Crippen molar-refractivity contribution in [3.63, 3.8) is 0 Å². The number of furan rings is 1. The Kier molecular flexibility index (Phi) is 6.95. The lowest BCUT2D eigenvalue weighted by atomic mass is 10.1. The van der Waals surface area contributed by atoms with Gasteiger partial charge in [0.25, 0.3) is 11.8 Å². The summed E-state index contributed by atoms with van der Waals surface area (Å²) in [7, 11) is 0. The zero-order valence-electron chi connectivity index (χ0n) is 18.3. The van der Waals surface area contributed by atoms with Gasteiger partial charge in [0.1, 0.15) is 17.2 Å². The molecule has 6 nitrogen and oxygen atoms in total. The molecule has 0 aliphatic rings. The minimum absolute atomic E-state index is 0.222. The van der Waals surface area contributed by atoms with Crippen molar-refractivity contribution in [3.8, 4) is 0 Å². The first-order chi connectivity index (χ1) is 16.1. The summed E-state index contributed by atoms with van der Waals surface area (Å²) in [6.07, 6.45) is 1.56. The van der Waals surface area contributed by atoms with Gasteiger partial charge < -0.3 is 14.6 Å². The van der Waals surface area contributed by atoms with E-state index in [-0.39, 0.29) is 24.1 Å². The molecule has 0 saturated heterocycles. The van der Waals surface area contributed by atoms with Gasteiger partial charge in [-0.2, -0.15) is 0 Å². The normalized spacial score (nSPS) is 11.5. The van der Waals surface area contributed by atoms with E-state index in [2.05, 4.69) is 10.3 Å². The van der Waals surface area contributed by atoms with Gasteiger partial charge in [-0.3, -0.25) is 14.6 Å². The van der Waals surface area contributed by atoms with E-state index in [4.69, 9.17) is 4.42 Å². The number of nitrogens with one attached hydrogen (secondary N) is 1. The van der Waals surface area contributed by atoms with Crippen LogP contribution in [0, 0.1) is 6.92 Å². The number of carbonyl (C=O) groups excluding carboxylic acids is 2. The minimum Gasteiger partial charge on any atom is -0.464 e. The first kappa shape index (κ1) is 22.0. The maximum Gasteiger partial charge on any atom is 0.273 e. The predicted molar refractivity (Wildman–Crippen MR) is 125 cm³/mol. The number of aromatic nitrogens is 1. The fourth-order valence-corrected chi connectivity index (χ4v) is 3.60. The summed E-state index contributed by atoms with van der Waals surface area (Å²) in [5, 5.41) is 2.97. The van der Waals surface area contributed by atoms with E-state index in [0.29, 0.717) is 18.1 Å². The SMILES string of the molecule is Cc1ccc(C(C(=O)NCc2ccccc2)N(Cc2ccccc2)C(=O)c2ccccn2)o1. The smallest absolute Gasteiger partial charge is 0.273 e. The number of benzene rings is 2. The molecule has 0 bridgehead atoms. The molecule has 0 aliphatic heterocycles. The first-order valence-corrected chi connectivity index (χ1v) is 10.8. The molecule has 1 atom stereocenters. The maximum atomic E-state index is 13.6. The summed E-state index contributed by atoms with van der Waals surface area (Å²) in [5.74, 6) is 0.385. The molecule has 2 aromatic carbocycles. The van der Waals surface area contributed by atoms with Crippen LogP contribution in [0.4, 0.5) is 0 Å². The standard InChI is InChI=1S/C27H25N3O3/c1-20-15-16-24(33-20)25(26(31)29-18-21-10-4-2-5-11-21)30(19-22-12-6-3-7-13-22)27(32)23-14-8-9-17-28-23/h2-17,25H,18-19H2,1H3,(H,29,31). The summed E-state index contributed by atoms with van der Waals surface area (Å²) in [5.41, 5.74) is 2.12. The van der Waals surface area contributed by atoms with Gasteiger partial charge >= 0.3 is 0 Å². The van der Waals surface area contributed by atoms with Gasteiger partial charge in [0.05, 0.1) is 0 Å². The van der Waals surface area contributed by atoms with Gasteiger partial charge in [-0.1, -0.05) is 66.7 Å². The van der Waals surface area contributed by atoms with Gasteiger partial charge in [-0.05, 0) is 42.3 Å². The second kappa shape index (κ2) is 10.4. The molecular weight excluding hydrogens is 414 g/mol. The molecule has 166 valence electrons. The number of nitrogens with zero attached hydrogens (tertiary/aromatic N) is 2. The van der Waals surface area contributed by atoms with Crippen LogP contribution in [0.25, 0.3) is 0 Å². The second-order valence-corrected chi connectivity index (χ2v) is 7.69. The van der Waals surface area contributed by atoms with Crippen LogP contribution in [0.1, 0.15) is 39.2 Å². The van der Waals surface area contributed by atoms with Crippen molar-refractivity contribution in [3.05, 3.63) is 126 Å². The Hall–Kier alpha value is -4.19. The zero-order valence-corrected chi connectivity index (χ0v) is 18.3. The molecule has 0 fully saturated rings. The summed E-state index contributed by atoms with van der Waals surface area (Å²) in [4.78, 5) is 32.8. The molecule has 4 aromatic rings. The molecular formula is C27H25N3O3. The summed E-state index contributed by atoms with van der Waals surface area (Å²) in [6, 6.07) is 26.9. The lowest BCUT2D eigenvalue weighted by molar-refractivity contribution is -0.126. The van der Waals surface area contributed by atoms with Gasteiger partial charge in [0, 0.05) is 19.3 Å². The van der Waals surface area contributed by atoms with E-state index in [9.17, 15) is 9.59 Å². The molecule has 6 heteroatoms. The van der Waals surface area contributed by atoms with Crippen LogP contribution >= 0.6 is 0 Å². The van der Waals surface area contributed by atoms with E-state index in [1.54, 1.807) is 36.5 Å². The van der Waals surface area contributed by atoms with Crippen LogP contribution < -0.4 is 5.32 Å². The number of pyridine rings is 1. The monoisotopic (exact) mass is 439 g/mol. The van der Waals surface area contributed by atoms with Gasteiger partial charge in [-0.15, -0.1) is 0 Å². The highest BCUT2D eigenvalue weighted by molar-refractivity contribution is 5.96. The fraction of sp³-hybridized carbons (Fsp3) is 0.148. The molecule has 2 heterocycles. The van der Waals surface area contributed by atoms with E-state index >= 15 is 0 Å². The average molecular weight is 440 g/mol. The Morgan fingerprint density at radius 3 is 2.15 bits per heavy atom. The number of carbonyl (C=O) groups is 2. The predicted octanol–water partition coefficient (Wildman–Crippen LogP) is 4.68. The summed E-state index contributed by atoms with van der Waals surface area (Å²) < 4.78 is 5.85. The number of hydrogen-bond donors (Lipinski definition) is 1. The molecule has 0 spiro atoms. The van der Waals surface area contributed by atoms with Crippen LogP contribution in [0.2, 0.25) is 0 Å². The Morgan fingerprint density at radius 1 is 0.879 bits per heavy atom. The van der Waals surface area contributed by atoms with E-state index < -0.39 is 6.04 Å². The number of rotatable bonds is 8. The van der Waals surface area contributed by atoms with Crippen molar-refractivity contribution in [2.24, 2.45) is 0 Å². The highest BCUT2D eigenvalue weighted by Crippen LogP contribution is 2.27. The van der Waals surface area contributed by atoms with Crippen LogP contribution in [0.5, 0.6) is 0 Å². The Balaban J connectivity index is 1.70. The van der Waals surface area contributed by atoms with Crippen molar-refractivity contribution in [2.45, 2.75) is 26.1 Å². The summed E-state index contributed by atoms with van der Waals surface area (Å²) in [6.45, 7) is 2.37. The van der Waals surface area contributed by atoms with Crippen LogP contribution in [0.15, 0.2) is 102 Å². The van der Waals surface area contributed by atoms with Crippen LogP contribution in [0.3, 0.4) is 0 Å². The number of aryl methyl sites for hydroxylation is 1. The molecule has 4 rings (SSSR count). The van der Waals surface area contributed by atoms with Crippen molar-refractivity contribution in [2.75, 3.05) is 0 Å². The van der Waals surface area contributed by atoms with E-state index in [1.807, 2.05) is 67.6 Å².